The summed E-state index contributed by atoms with van der Waals surface area (Å²) in [6.45, 7) is 1.80. The lowest BCUT2D eigenvalue weighted by molar-refractivity contribution is 0.0697. The van der Waals surface area contributed by atoms with Crippen molar-refractivity contribution in [1.29, 1.82) is 0 Å². The second-order valence-electron chi connectivity index (χ2n) is 4.72. The van der Waals surface area contributed by atoms with E-state index < -0.39 is 5.97 Å². The van der Waals surface area contributed by atoms with Crippen LogP contribution in [0.3, 0.4) is 0 Å². The summed E-state index contributed by atoms with van der Waals surface area (Å²) in [5, 5.41) is 12.7. The van der Waals surface area contributed by atoms with E-state index in [1.807, 2.05) is 24.3 Å². The van der Waals surface area contributed by atoms with Gasteiger partial charge < -0.3 is 10.4 Å². The molecule has 19 heavy (non-hydrogen) atoms. The van der Waals surface area contributed by atoms with Crippen molar-refractivity contribution >= 4 is 5.97 Å². The van der Waals surface area contributed by atoms with Crippen molar-refractivity contribution in [2.45, 2.75) is 13.0 Å². The molecule has 2 aromatic rings. The molecule has 0 fully saturated rings. The van der Waals surface area contributed by atoms with Crippen LogP contribution in [0, 0.1) is 0 Å². The minimum atomic E-state index is -0.873. The van der Waals surface area contributed by atoms with E-state index in [9.17, 15) is 9.90 Å². The summed E-state index contributed by atoms with van der Waals surface area (Å²) in [5.41, 5.74) is 4.78. The molecule has 0 amide bonds. The van der Waals surface area contributed by atoms with Gasteiger partial charge in [0, 0.05) is 6.54 Å². The highest BCUT2D eigenvalue weighted by atomic mass is 16.4. The molecule has 3 rings (SSSR count). The molecule has 1 heterocycles. The Kier molecular flexibility index (Phi) is 3.05. The van der Waals surface area contributed by atoms with Crippen LogP contribution >= 0.6 is 0 Å². The van der Waals surface area contributed by atoms with Crippen LogP contribution in [0.25, 0.3) is 11.1 Å². The average Bonchev–Trinajstić information content (AvgIpc) is 2.46. The van der Waals surface area contributed by atoms with E-state index in [-0.39, 0.29) is 0 Å². The number of benzene rings is 2. The molecule has 0 bridgehead atoms. The number of carboxylic acids is 1. The summed E-state index contributed by atoms with van der Waals surface area (Å²) in [6, 6.07) is 13.3. The molecular formula is C16H15NO2. The third-order valence-corrected chi connectivity index (χ3v) is 3.59. The fourth-order valence-electron chi connectivity index (χ4n) is 2.69. The van der Waals surface area contributed by atoms with Crippen molar-refractivity contribution in [1.82, 2.24) is 5.32 Å². The van der Waals surface area contributed by atoms with E-state index in [1.54, 1.807) is 12.1 Å². The predicted molar refractivity (Wildman–Crippen MR) is 74.2 cm³/mol. The van der Waals surface area contributed by atoms with Crippen LogP contribution < -0.4 is 5.32 Å². The number of hydrogen-bond donors (Lipinski definition) is 2. The quantitative estimate of drug-likeness (QED) is 0.865. The normalized spacial score (nSPS) is 13.9. The van der Waals surface area contributed by atoms with Crippen molar-refractivity contribution in [3.8, 4) is 11.1 Å². The summed E-state index contributed by atoms with van der Waals surface area (Å²) in [6.07, 6.45) is 0.944. The smallest absolute Gasteiger partial charge is 0.336 e. The van der Waals surface area contributed by atoms with Crippen LogP contribution in [-0.4, -0.2) is 17.6 Å². The SMILES string of the molecule is O=C(O)c1ccccc1-c1cccc2c1CCNC2. The highest BCUT2D eigenvalue weighted by Gasteiger charge is 2.17. The van der Waals surface area contributed by atoms with E-state index in [0.29, 0.717) is 5.56 Å². The van der Waals surface area contributed by atoms with Gasteiger partial charge in [0.15, 0.2) is 0 Å². The Morgan fingerprint density at radius 2 is 1.84 bits per heavy atom. The van der Waals surface area contributed by atoms with Crippen molar-refractivity contribution in [2.75, 3.05) is 6.54 Å². The molecule has 2 N–H and O–H groups in total. The van der Waals surface area contributed by atoms with Crippen molar-refractivity contribution < 1.29 is 9.90 Å². The van der Waals surface area contributed by atoms with Gasteiger partial charge in [-0.1, -0.05) is 36.4 Å². The number of rotatable bonds is 2. The molecule has 0 radical (unpaired) electrons. The van der Waals surface area contributed by atoms with Gasteiger partial charge in [-0.2, -0.15) is 0 Å². The average molecular weight is 253 g/mol. The maximum Gasteiger partial charge on any atom is 0.336 e. The highest BCUT2D eigenvalue weighted by Crippen LogP contribution is 2.30. The van der Waals surface area contributed by atoms with Crippen molar-refractivity contribution in [2.24, 2.45) is 0 Å². The molecule has 0 atom stereocenters. The van der Waals surface area contributed by atoms with E-state index in [1.165, 1.54) is 11.1 Å². The molecule has 0 aromatic heterocycles. The highest BCUT2D eigenvalue weighted by molar-refractivity contribution is 5.96. The first kappa shape index (κ1) is 11.9. The third-order valence-electron chi connectivity index (χ3n) is 3.59. The number of nitrogens with one attached hydrogen (secondary N) is 1. The van der Waals surface area contributed by atoms with Gasteiger partial charge in [-0.05, 0) is 41.3 Å². The molecule has 1 aliphatic rings. The first-order chi connectivity index (χ1) is 9.27. The molecular weight excluding hydrogens is 238 g/mol. The number of carboxylic acid groups (broad SMARTS) is 1. The molecule has 3 nitrogen and oxygen atoms in total. The van der Waals surface area contributed by atoms with Gasteiger partial charge in [-0.3, -0.25) is 0 Å². The van der Waals surface area contributed by atoms with E-state index >= 15 is 0 Å². The van der Waals surface area contributed by atoms with Gasteiger partial charge in [-0.15, -0.1) is 0 Å². The summed E-state index contributed by atoms with van der Waals surface area (Å²) >= 11 is 0. The molecule has 0 spiro atoms. The molecule has 0 aliphatic carbocycles. The Morgan fingerprint density at radius 1 is 1.05 bits per heavy atom. The largest absolute Gasteiger partial charge is 0.478 e. The van der Waals surface area contributed by atoms with E-state index in [2.05, 4.69) is 11.4 Å². The number of hydrogen-bond acceptors (Lipinski definition) is 2. The van der Waals surface area contributed by atoms with Gasteiger partial charge in [0.05, 0.1) is 5.56 Å². The first-order valence-corrected chi connectivity index (χ1v) is 6.41. The van der Waals surface area contributed by atoms with Gasteiger partial charge in [-0.25, -0.2) is 4.79 Å². The zero-order chi connectivity index (χ0) is 13.2. The predicted octanol–water partition coefficient (Wildman–Crippen LogP) is 2.70. The van der Waals surface area contributed by atoms with Crippen LogP contribution in [0.1, 0.15) is 21.5 Å². The van der Waals surface area contributed by atoms with Crippen molar-refractivity contribution in [3.63, 3.8) is 0 Å². The van der Waals surface area contributed by atoms with E-state index in [0.717, 1.165) is 30.6 Å². The topological polar surface area (TPSA) is 49.3 Å². The Hall–Kier alpha value is -2.13. The Balaban J connectivity index is 2.20. The molecule has 2 aromatic carbocycles. The van der Waals surface area contributed by atoms with Crippen LogP contribution in [0.15, 0.2) is 42.5 Å². The van der Waals surface area contributed by atoms with Gasteiger partial charge in [0.25, 0.3) is 0 Å². The van der Waals surface area contributed by atoms with Gasteiger partial charge in [0.1, 0.15) is 0 Å². The van der Waals surface area contributed by atoms with Crippen LogP contribution in [0.2, 0.25) is 0 Å². The zero-order valence-corrected chi connectivity index (χ0v) is 10.5. The van der Waals surface area contributed by atoms with Crippen LogP contribution in [-0.2, 0) is 13.0 Å². The van der Waals surface area contributed by atoms with Gasteiger partial charge >= 0.3 is 5.97 Å². The summed E-state index contributed by atoms with van der Waals surface area (Å²) < 4.78 is 0. The molecule has 96 valence electrons. The maximum absolute atomic E-state index is 11.4. The lowest BCUT2D eigenvalue weighted by atomic mass is 9.89. The van der Waals surface area contributed by atoms with Gasteiger partial charge in [0.2, 0.25) is 0 Å². The second-order valence-corrected chi connectivity index (χ2v) is 4.72. The minimum absolute atomic E-state index is 0.370. The van der Waals surface area contributed by atoms with Crippen molar-refractivity contribution in [3.05, 3.63) is 59.2 Å². The third kappa shape index (κ3) is 2.13. The molecule has 3 heteroatoms. The first-order valence-electron chi connectivity index (χ1n) is 6.41. The molecule has 0 saturated carbocycles. The molecule has 0 unspecified atom stereocenters. The monoisotopic (exact) mass is 253 g/mol. The Labute approximate surface area is 111 Å². The zero-order valence-electron chi connectivity index (χ0n) is 10.5. The fourth-order valence-corrected chi connectivity index (χ4v) is 2.69. The summed E-state index contributed by atoms with van der Waals surface area (Å²) in [7, 11) is 0. The standard InChI is InChI=1S/C16H15NO2/c18-16(19)15-6-2-1-5-14(15)13-7-3-4-11-10-17-9-8-12(11)13/h1-7,17H,8-10H2,(H,18,19). The number of fused-ring (bicyclic) bond motifs is 1. The number of aromatic carboxylic acids is 1. The molecule has 0 saturated heterocycles. The van der Waals surface area contributed by atoms with E-state index in [4.69, 9.17) is 0 Å². The minimum Gasteiger partial charge on any atom is -0.478 e. The maximum atomic E-state index is 11.4. The van der Waals surface area contributed by atoms with Crippen LogP contribution in [0.5, 0.6) is 0 Å². The lowest BCUT2D eigenvalue weighted by Crippen LogP contribution is -2.24. The molecule has 1 aliphatic heterocycles. The summed E-state index contributed by atoms with van der Waals surface area (Å²) in [4.78, 5) is 11.4. The van der Waals surface area contributed by atoms with Crippen LogP contribution in [0.4, 0.5) is 0 Å². The lowest BCUT2D eigenvalue weighted by Gasteiger charge is -2.21. The number of carbonyl (C=O) groups is 1. The Morgan fingerprint density at radius 3 is 2.68 bits per heavy atom. The Bertz CT molecular complexity index is 634. The summed E-state index contributed by atoms with van der Waals surface area (Å²) in [5.74, 6) is -0.873. The second kappa shape index (κ2) is 4.86. The fraction of sp³-hybridized carbons (Fsp3) is 0.188.